The molecule has 20 heavy (non-hydrogen) atoms. The Hall–Kier alpha value is -2.64. The van der Waals surface area contributed by atoms with Gasteiger partial charge in [-0.05, 0) is 24.3 Å². The van der Waals surface area contributed by atoms with E-state index in [0.29, 0.717) is 5.78 Å². The number of alkyl halides is 3. The Morgan fingerprint density at radius 2 is 1.95 bits per heavy atom. The number of halogens is 3. The van der Waals surface area contributed by atoms with E-state index in [-0.39, 0.29) is 17.1 Å². The first-order valence-corrected chi connectivity index (χ1v) is 5.59. The molecule has 0 unspecified atom stereocenters. The van der Waals surface area contributed by atoms with Crippen molar-refractivity contribution in [3.63, 3.8) is 0 Å². The highest BCUT2D eigenvalue weighted by Crippen LogP contribution is 2.34. The quantitative estimate of drug-likeness (QED) is 0.694. The van der Waals surface area contributed by atoms with E-state index < -0.39 is 11.7 Å². The Balaban J connectivity index is 2.24. The van der Waals surface area contributed by atoms with Gasteiger partial charge in [-0.1, -0.05) is 0 Å². The van der Waals surface area contributed by atoms with E-state index in [1.54, 1.807) is 12.3 Å². The maximum Gasteiger partial charge on any atom is 0.416 e. The van der Waals surface area contributed by atoms with E-state index in [1.807, 2.05) is 0 Å². The predicted molar refractivity (Wildman–Crippen MR) is 65.6 cm³/mol. The number of rotatable bonds is 1. The van der Waals surface area contributed by atoms with Gasteiger partial charge in [-0.15, -0.1) is 10.2 Å². The molecule has 0 atom stereocenters. The van der Waals surface area contributed by atoms with Crippen molar-refractivity contribution in [1.29, 1.82) is 0 Å². The average Bonchev–Trinajstić information content (AvgIpc) is 2.82. The summed E-state index contributed by atoms with van der Waals surface area (Å²) in [7, 11) is 0. The fourth-order valence-electron chi connectivity index (χ4n) is 1.85. The van der Waals surface area contributed by atoms with Gasteiger partial charge < -0.3 is 5.73 Å². The van der Waals surface area contributed by atoms with Crippen LogP contribution in [0.15, 0.2) is 36.7 Å². The smallest absolute Gasteiger partial charge is 0.398 e. The third-order valence-corrected chi connectivity index (χ3v) is 2.81. The number of fused-ring (bicyclic) bond motifs is 1. The van der Waals surface area contributed by atoms with Gasteiger partial charge in [0.25, 0.3) is 5.78 Å². The normalized spacial score (nSPS) is 11.9. The average molecular weight is 279 g/mol. The van der Waals surface area contributed by atoms with Crippen molar-refractivity contribution in [3.8, 4) is 11.4 Å². The lowest BCUT2D eigenvalue weighted by molar-refractivity contribution is -0.137. The number of nitrogen functional groups attached to an aromatic ring is 1. The molecule has 0 amide bonds. The molecule has 0 saturated heterocycles. The molecule has 0 aliphatic carbocycles. The summed E-state index contributed by atoms with van der Waals surface area (Å²) in [6.45, 7) is 0. The number of nitrogens with zero attached hydrogens (tertiary/aromatic N) is 4. The maximum absolute atomic E-state index is 12.8. The van der Waals surface area contributed by atoms with Crippen LogP contribution in [0.25, 0.3) is 17.2 Å². The van der Waals surface area contributed by atoms with Gasteiger partial charge in [0.1, 0.15) is 0 Å². The van der Waals surface area contributed by atoms with Crippen LogP contribution in [0.2, 0.25) is 0 Å². The molecule has 8 heteroatoms. The van der Waals surface area contributed by atoms with Crippen molar-refractivity contribution in [2.24, 2.45) is 0 Å². The van der Waals surface area contributed by atoms with Crippen LogP contribution in [0, 0.1) is 0 Å². The van der Waals surface area contributed by atoms with Gasteiger partial charge in [0.2, 0.25) is 0 Å². The van der Waals surface area contributed by atoms with Gasteiger partial charge in [-0.25, -0.2) is 4.98 Å². The van der Waals surface area contributed by atoms with Crippen LogP contribution in [0.3, 0.4) is 0 Å². The number of nitrogens with two attached hydrogens (primary N) is 1. The number of hydrogen-bond acceptors (Lipinski definition) is 4. The lowest BCUT2D eigenvalue weighted by Crippen LogP contribution is -2.06. The third kappa shape index (κ3) is 1.94. The van der Waals surface area contributed by atoms with Crippen LogP contribution >= 0.6 is 0 Å². The molecule has 1 aromatic carbocycles. The maximum atomic E-state index is 12.8. The molecular weight excluding hydrogens is 271 g/mol. The van der Waals surface area contributed by atoms with Crippen LogP contribution in [-0.2, 0) is 6.18 Å². The zero-order valence-electron chi connectivity index (χ0n) is 9.96. The molecule has 5 nitrogen and oxygen atoms in total. The molecule has 2 heterocycles. The Morgan fingerprint density at radius 3 is 2.70 bits per heavy atom. The minimum absolute atomic E-state index is 0.167. The Kier molecular flexibility index (Phi) is 2.60. The highest BCUT2D eigenvalue weighted by molar-refractivity contribution is 5.73. The fourth-order valence-corrected chi connectivity index (χ4v) is 1.85. The minimum Gasteiger partial charge on any atom is -0.398 e. The second-order valence-electron chi connectivity index (χ2n) is 4.11. The summed E-state index contributed by atoms with van der Waals surface area (Å²) < 4.78 is 39.8. The molecule has 0 bridgehead atoms. The largest absolute Gasteiger partial charge is 0.416 e. The van der Waals surface area contributed by atoms with Crippen molar-refractivity contribution in [2.45, 2.75) is 6.18 Å². The molecule has 102 valence electrons. The van der Waals surface area contributed by atoms with E-state index in [0.717, 1.165) is 12.1 Å². The van der Waals surface area contributed by atoms with Gasteiger partial charge in [-0.3, -0.25) is 4.40 Å². The van der Waals surface area contributed by atoms with E-state index in [4.69, 9.17) is 5.73 Å². The number of benzene rings is 1. The van der Waals surface area contributed by atoms with E-state index in [1.165, 1.54) is 16.7 Å². The summed E-state index contributed by atoms with van der Waals surface area (Å²) in [5.41, 5.74) is 5.31. The first-order valence-electron chi connectivity index (χ1n) is 5.59. The first-order chi connectivity index (χ1) is 9.47. The van der Waals surface area contributed by atoms with Gasteiger partial charge in [-0.2, -0.15) is 13.2 Å². The van der Waals surface area contributed by atoms with E-state index in [9.17, 15) is 13.2 Å². The lowest BCUT2D eigenvalue weighted by atomic mass is 10.1. The summed E-state index contributed by atoms with van der Waals surface area (Å²) in [5, 5.41) is 7.65. The summed E-state index contributed by atoms with van der Waals surface area (Å²) in [6.07, 6.45) is -1.32. The molecule has 3 aromatic rings. The topological polar surface area (TPSA) is 69.1 Å². The number of anilines is 1. The minimum atomic E-state index is -4.44. The third-order valence-electron chi connectivity index (χ3n) is 2.81. The summed E-state index contributed by atoms with van der Waals surface area (Å²) in [4.78, 5) is 3.95. The van der Waals surface area contributed by atoms with Crippen LogP contribution in [0.5, 0.6) is 0 Å². The van der Waals surface area contributed by atoms with Gasteiger partial charge in [0, 0.05) is 23.6 Å². The highest BCUT2D eigenvalue weighted by atomic mass is 19.4. The lowest BCUT2D eigenvalue weighted by Gasteiger charge is -2.10. The molecule has 2 aromatic heterocycles. The van der Waals surface area contributed by atoms with Gasteiger partial charge in [0.15, 0.2) is 5.82 Å². The molecule has 2 N–H and O–H groups in total. The SMILES string of the molecule is Nc1ccc(C(F)(F)F)cc1-c1nnc2ncccn12. The fraction of sp³-hybridized carbons (Fsp3) is 0.0833. The van der Waals surface area contributed by atoms with Crippen molar-refractivity contribution in [2.75, 3.05) is 5.73 Å². The second-order valence-corrected chi connectivity index (χ2v) is 4.11. The van der Waals surface area contributed by atoms with Crippen molar-refractivity contribution in [1.82, 2.24) is 19.6 Å². The van der Waals surface area contributed by atoms with E-state index >= 15 is 0 Å². The molecule has 0 saturated carbocycles. The van der Waals surface area contributed by atoms with Crippen LogP contribution < -0.4 is 5.73 Å². The standard InChI is InChI=1S/C12H8F3N5/c13-12(14,15)7-2-3-9(16)8(6-7)10-18-19-11-17-4-1-5-20(10)11/h1-6H,16H2. The first kappa shape index (κ1) is 12.4. The molecule has 0 aliphatic rings. The zero-order valence-corrected chi connectivity index (χ0v) is 9.96. The van der Waals surface area contributed by atoms with Crippen molar-refractivity contribution < 1.29 is 13.2 Å². The molecule has 0 aliphatic heterocycles. The second kappa shape index (κ2) is 4.19. The summed E-state index contributed by atoms with van der Waals surface area (Å²) >= 11 is 0. The van der Waals surface area contributed by atoms with E-state index in [2.05, 4.69) is 15.2 Å². The summed E-state index contributed by atoms with van der Waals surface area (Å²) in [5.74, 6) is 0.510. The van der Waals surface area contributed by atoms with Gasteiger partial charge >= 0.3 is 6.18 Å². The molecule has 0 spiro atoms. The van der Waals surface area contributed by atoms with Crippen molar-refractivity contribution in [3.05, 3.63) is 42.2 Å². The van der Waals surface area contributed by atoms with Crippen molar-refractivity contribution >= 4 is 11.5 Å². The number of hydrogen-bond donors (Lipinski definition) is 1. The number of aromatic nitrogens is 4. The predicted octanol–water partition coefficient (Wildman–Crippen LogP) is 2.39. The van der Waals surface area contributed by atoms with Crippen LogP contribution in [-0.4, -0.2) is 19.6 Å². The molecular formula is C12H8F3N5. The molecule has 0 fully saturated rings. The van der Waals surface area contributed by atoms with Crippen LogP contribution in [0.4, 0.5) is 18.9 Å². The van der Waals surface area contributed by atoms with Crippen LogP contribution in [0.1, 0.15) is 5.56 Å². The highest BCUT2D eigenvalue weighted by Gasteiger charge is 2.31. The summed E-state index contributed by atoms with van der Waals surface area (Å²) in [6, 6.07) is 4.72. The monoisotopic (exact) mass is 279 g/mol. The molecule has 3 rings (SSSR count). The zero-order chi connectivity index (χ0) is 14.3. The Morgan fingerprint density at radius 1 is 1.15 bits per heavy atom. The Bertz CT molecular complexity index is 778. The molecule has 0 radical (unpaired) electrons. The Labute approximate surface area is 110 Å². The van der Waals surface area contributed by atoms with Gasteiger partial charge in [0.05, 0.1) is 5.56 Å².